The van der Waals surface area contributed by atoms with Crippen molar-refractivity contribution in [2.75, 3.05) is 6.61 Å². The van der Waals surface area contributed by atoms with E-state index >= 15 is 0 Å². The molecule has 0 aliphatic rings. The van der Waals surface area contributed by atoms with E-state index in [2.05, 4.69) is 31.3 Å². The average molecular weight is 608 g/mol. The van der Waals surface area contributed by atoms with Crippen molar-refractivity contribution in [2.24, 2.45) is 0 Å². The van der Waals surface area contributed by atoms with E-state index in [1.165, 1.54) is 128 Å². The first-order valence-electron chi connectivity index (χ1n) is 18.7. The highest BCUT2D eigenvalue weighted by Crippen LogP contribution is 2.14. The van der Waals surface area contributed by atoms with Gasteiger partial charge < -0.3 is 20.6 Å². The second-order valence-electron chi connectivity index (χ2n) is 12.8. The van der Waals surface area contributed by atoms with Gasteiger partial charge in [-0.3, -0.25) is 4.79 Å². The molecule has 43 heavy (non-hydrogen) atoms. The molecular weight excluding hydrogens is 534 g/mol. The number of hydrogen-bond acceptors (Lipinski definition) is 4. The van der Waals surface area contributed by atoms with Crippen LogP contribution in [-0.2, 0) is 4.79 Å². The van der Waals surface area contributed by atoms with Crippen LogP contribution in [0.3, 0.4) is 0 Å². The molecule has 254 valence electrons. The minimum Gasteiger partial charge on any atom is -0.394 e. The molecule has 0 aliphatic carbocycles. The van der Waals surface area contributed by atoms with Gasteiger partial charge in [-0.25, -0.2) is 0 Å². The summed E-state index contributed by atoms with van der Waals surface area (Å²) in [4.78, 5) is 12.4. The van der Waals surface area contributed by atoms with Gasteiger partial charge in [0.1, 0.15) is 6.10 Å². The van der Waals surface area contributed by atoms with Gasteiger partial charge in [0.25, 0.3) is 0 Å². The molecule has 0 aromatic heterocycles. The predicted molar refractivity (Wildman–Crippen MR) is 185 cm³/mol. The number of unbranched alkanes of at least 4 members (excludes halogenated alkanes) is 23. The fourth-order valence-electron chi connectivity index (χ4n) is 5.55. The Bertz CT molecular complexity index is 635. The van der Waals surface area contributed by atoms with Crippen LogP contribution in [0.4, 0.5) is 0 Å². The van der Waals surface area contributed by atoms with E-state index in [0.717, 1.165) is 38.5 Å². The highest BCUT2D eigenvalue weighted by molar-refractivity contribution is 5.80. The Morgan fingerprint density at radius 1 is 0.558 bits per heavy atom. The van der Waals surface area contributed by atoms with Crippen molar-refractivity contribution < 1.29 is 20.1 Å². The standard InChI is InChI=1S/C38H73NO4/c1-3-5-7-9-11-13-15-17-18-19-20-21-23-24-26-28-30-32-36(41)35(34-40)39-38(43)37(42)33-31-29-27-25-22-16-14-12-10-8-6-4-2/h23-24,30,32,35-37,40-42H,3-22,25-29,31,33-34H2,1-2H3,(H,39,43)/b24-23+,32-30+. The fourth-order valence-corrected chi connectivity index (χ4v) is 5.55. The average Bonchev–Trinajstić information content (AvgIpc) is 3.01. The Balaban J connectivity index is 3.78. The molecule has 0 saturated heterocycles. The van der Waals surface area contributed by atoms with Crippen molar-refractivity contribution in [1.82, 2.24) is 5.32 Å². The molecule has 5 nitrogen and oxygen atoms in total. The summed E-state index contributed by atoms with van der Waals surface area (Å²) in [6.07, 6.45) is 39.1. The summed E-state index contributed by atoms with van der Waals surface area (Å²) in [5.41, 5.74) is 0. The highest BCUT2D eigenvalue weighted by Gasteiger charge is 2.22. The second-order valence-corrected chi connectivity index (χ2v) is 12.8. The summed E-state index contributed by atoms with van der Waals surface area (Å²) in [6, 6.07) is -0.808. The van der Waals surface area contributed by atoms with E-state index in [4.69, 9.17) is 0 Å². The Hall–Kier alpha value is -1.17. The van der Waals surface area contributed by atoms with Crippen LogP contribution in [0.15, 0.2) is 24.3 Å². The topological polar surface area (TPSA) is 89.8 Å². The molecule has 0 aromatic carbocycles. The number of rotatable bonds is 33. The molecule has 5 heteroatoms. The van der Waals surface area contributed by atoms with Crippen LogP contribution in [0, 0.1) is 0 Å². The van der Waals surface area contributed by atoms with E-state index in [1.54, 1.807) is 6.08 Å². The van der Waals surface area contributed by atoms with Crippen molar-refractivity contribution in [3.8, 4) is 0 Å². The number of aliphatic hydroxyl groups excluding tert-OH is 3. The lowest BCUT2D eigenvalue weighted by Gasteiger charge is -2.21. The zero-order valence-electron chi connectivity index (χ0n) is 28.6. The predicted octanol–water partition coefficient (Wildman–Crippen LogP) is 9.87. The Morgan fingerprint density at radius 3 is 1.42 bits per heavy atom. The molecule has 3 atom stereocenters. The summed E-state index contributed by atoms with van der Waals surface area (Å²) in [5.74, 6) is -0.514. The molecule has 0 radical (unpaired) electrons. The molecule has 3 unspecified atom stereocenters. The van der Waals surface area contributed by atoms with E-state index in [1.807, 2.05) is 6.08 Å². The van der Waals surface area contributed by atoms with Gasteiger partial charge >= 0.3 is 0 Å². The first-order valence-corrected chi connectivity index (χ1v) is 18.7. The van der Waals surface area contributed by atoms with Crippen molar-refractivity contribution in [2.45, 2.75) is 205 Å². The largest absolute Gasteiger partial charge is 0.394 e. The van der Waals surface area contributed by atoms with Gasteiger partial charge in [0.2, 0.25) is 5.91 Å². The third-order valence-electron chi connectivity index (χ3n) is 8.54. The number of nitrogens with one attached hydrogen (secondary N) is 1. The minimum absolute atomic E-state index is 0.374. The van der Waals surface area contributed by atoms with E-state index in [0.29, 0.717) is 6.42 Å². The number of allylic oxidation sites excluding steroid dienone is 3. The van der Waals surface area contributed by atoms with Crippen molar-refractivity contribution in [3.63, 3.8) is 0 Å². The fraction of sp³-hybridized carbons (Fsp3) is 0.868. The minimum atomic E-state index is -1.10. The summed E-state index contributed by atoms with van der Waals surface area (Å²) < 4.78 is 0. The zero-order valence-corrected chi connectivity index (χ0v) is 28.6. The SMILES string of the molecule is CCCCCCCCCCCCC/C=C/CC/C=C/C(O)C(CO)NC(=O)C(O)CCCCCCCCCCCCCC. The maximum absolute atomic E-state index is 12.4. The molecule has 0 saturated carbocycles. The normalized spacial score (nSPS) is 14.1. The van der Waals surface area contributed by atoms with Gasteiger partial charge in [-0.15, -0.1) is 0 Å². The molecule has 0 fully saturated rings. The van der Waals surface area contributed by atoms with E-state index in [9.17, 15) is 20.1 Å². The highest BCUT2D eigenvalue weighted by atomic mass is 16.3. The van der Waals surface area contributed by atoms with Crippen LogP contribution in [0.5, 0.6) is 0 Å². The molecule has 0 rings (SSSR count). The van der Waals surface area contributed by atoms with E-state index in [-0.39, 0.29) is 6.61 Å². The zero-order chi connectivity index (χ0) is 31.6. The van der Waals surface area contributed by atoms with Crippen LogP contribution in [0.1, 0.15) is 187 Å². The first-order chi connectivity index (χ1) is 21.1. The Kier molecular flexibility index (Phi) is 32.8. The summed E-state index contributed by atoms with van der Waals surface area (Å²) in [6.45, 7) is 4.15. The monoisotopic (exact) mass is 608 g/mol. The molecule has 4 N–H and O–H groups in total. The lowest BCUT2D eigenvalue weighted by Crippen LogP contribution is -2.48. The van der Waals surface area contributed by atoms with Gasteiger partial charge in [-0.2, -0.15) is 0 Å². The maximum atomic E-state index is 12.4. The van der Waals surface area contributed by atoms with Gasteiger partial charge in [0.15, 0.2) is 0 Å². The van der Waals surface area contributed by atoms with Gasteiger partial charge in [0.05, 0.1) is 18.8 Å². The smallest absolute Gasteiger partial charge is 0.249 e. The summed E-state index contributed by atoms with van der Waals surface area (Å²) in [7, 11) is 0. The molecular formula is C38H73NO4. The molecule has 0 bridgehead atoms. The van der Waals surface area contributed by atoms with Crippen molar-refractivity contribution >= 4 is 5.91 Å². The first kappa shape index (κ1) is 41.8. The summed E-state index contributed by atoms with van der Waals surface area (Å²) >= 11 is 0. The summed E-state index contributed by atoms with van der Waals surface area (Å²) in [5, 5.41) is 32.9. The Morgan fingerprint density at radius 2 is 0.953 bits per heavy atom. The van der Waals surface area contributed by atoms with Crippen LogP contribution in [0.25, 0.3) is 0 Å². The number of amides is 1. The maximum Gasteiger partial charge on any atom is 0.249 e. The lowest BCUT2D eigenvalue weighted by molar-refractivity contribution is -0.131. The number of carbonyl (C=O) groups is 1. The van der Waals surface area contributed by atoms with Crippen LogP contribution >= 0.6 is 0 Å². The number of aliphatic hydroxyl groups is 3. The molecule has 0 heterocycles. The molecule has 1 amide bonds. The lowest BCUT2D eigenvalue weighted by atomic mass is 10.0. The van der Waals surface area contributed by atoms with Gasteiger partial charge in [-0.05, 0) is 32.1 Å². The van der Waals surface area contributed by atoms with E-state index < -0.39 is 24.2 Å². The third-order valence-corrected chi connectivity index (χ3v) is 8.54. The van der Waals surface area contributed by atoms with Crippen molar-refractivity contribution in [1.29, 1.82) is 0 Å². The molecule has 0 aliphatic heterocycles. The van der Waals surface area contributed by atoms with Crippen LogP contribution in [-0.4, -0.2) is 46.1 Å². The number of hydrogen-bond donors (Lipinski definition) is 4. The molecule has 0 aromatic rings. The van der Waals surface area contributed by atoms with Gasteiger partial charge in [0, 0.05) is 0 Å². The van der Waals surface area contributed by atoms with Gasteiger partial charge in [-0.1, -0.05) is 179 Å². The Labute approximate surface area is 267 Å². The van der Waals surface area contributed by atoms with Crippen LogP contribution < -0.4 is 5.32 Å². The number of carbonyl (C=O) groups excluding carboxylic acids is 1. The van der Waals surface area contributed by atoms with Crippen molar-refractivity contribution in [3.05, 3.63) is 24.3 Å². The molecule has 0 spiro atoms. The van der Waals surface area contributed by atoms with Crippen LogP contribution in [0.2, 0.25) is 0 Å². The third kappa shape index (κ3) is 29.3. The second kappa shape index (κ2) is 33.7. The quantitative estimate of drug-likeness (QED) is 0.0441.